The third-order valence-corrected chi connectivity index (χ3v) is 6.41. The van der Waals surface area contributed by atoms with Gasteiger partial charge in [-0.2, -0.15) is 0 Å². The predicted octanol–water partition coefficient (Wildman–Crippen LogP) is 2.05. The highest BCUT2D eigenvalue weighted by Gasteiger charge is 2.40. The van der Waals surface area contributed by atoms with Crippen LogP contribution in [0.3, 0.4) is 0 Å². The van der Waals surface area contributed by atoms with Crippen LogP contribution in [-0.4, -0.2) is 30.4 Å². The number of nitrogens with one attached hydrogen (secondary N) is 2. The molecule has 1 fully saturated rings. The van der Waals surface area contributed by atoms with Crippen molar-refractivity contribution in [1.29, 1.82) is 0 Å². The minimum absolute atomic E-state index is 0.205. The van der Waals surface area contributed by atoms with Crippen LogP contribution in [0.5, 0.6) is 0 Å². The Bertz CT molecular complexity index is 722. The maximum absolute atomic E-state index is 12.7. The Morgan fingerprint density at radius 1 is 1.50 bits per heavy atom. The summed E-state index contributed by atoms with van der Waals surface area (Å²) in [5, 5.41) is 4.91. The number of aromatic nitrogens is 2. The van der Waals surface area contributed by atoms with E-state index in [9.17, 15) is 8.42 Å². The molecule has 0 bridgehead atoms. The summed E-state index contributed by atoms with van der Waals surface area (Å²) in [4.78, 5) is 4.98. The molecule has 1 saturated carbocycles. The van der Waals surface area contributed by atoms with Gasteiger partial charge >= 0.3 is 0 Å². The Morgan fingerprint density at radius 3 is 2.80 bits per heavy atom. The zero-order valence-corrected chi connectivity index (χ0v) is 13.1. The van der Waals surface area contributed by atoms with Gasteiger partial charge in [0.15, 0.2) is 15.8 Å². The van der Waals surface area contributed by atoms with Crippen molar-refractivity contribution in [3.63, 3.8) is 0 Å². The smallest absolute Gasteiger partial charge is 0.260 e. The van der Waals surface area contributed by atoms with E-state index in [0.29, 0.717) is 10.8 Å². The summed E-state index contributed by atoms with van der Waals surface area (Å²) < 4.78 is 30.0. The Morgan fingerprint density at radius 2 is 2.25 bits per heavy atom. The Balaban J connectivity index is 2.06. The van der Waals surface area contributed by atoms with E-state index in [1.165, 1.54) is 11.3 Å². The van der Waals surface area contributed by atoms with Gasteiger partial charge in [-0.1, -0.05) is 6.92 Å². The van der Waals surface area contributed by atoms with Gasteiger partial charge in [-0.3, -0.25) is 4.40 Å². The van der Waals surface area contributed by atoms with E-state index in [1.54, 1.807) is 17.6 Å². The first kappa shape index (κ1) is 13.8. The van der Waals surface area contributed by atoms with E-state index >= 15 is 0 Å². The molecule has 0 atom stereocenters. The first-order valence-corrected chi connectivity index (χ1v) is 9.05. The maximum Gasteiger partial charge on any atom is 0.260 e. The van der Waals surface area contributed by atoms with Crippen LogP contribution in [-0.2, 0) is 10.0 Å². The van der Waals surface area contributed by atoms with E-state index < -0.39 is 10.0 Å². The van der Waals surface area contributed by atoms with Crippen LogP contribution < -0.4 is 10.0 Å². The molecule has 0 aromatic carbocycles. The normalized spacial score (nSPS) is 18.1. The number of hydrogen-bond donors (Lipinski definition) is 2. The van der Waals surface area contributed by atoms with Gasteiger partial charge in [0.2, 0.25) is 0 Å². The lowest BCUT2D eigenvalue weighted by Gasteiger charge is -2.41. The van der Waals surface area contributed by atoms with Crippen LogP contribution in [0.1, 0.15) is 32.6 Å². The van der Waals surface area contributed by atoms with Gasteiger partial charge in [0.25, 0.3) is 10.0 Å². The van der Waals surface area contributed by atoms with Gasteiger partial charge in [0.1, 0.15) is 0 Å². The van der Waals surface area contributed by atoms with Gasteiger partial charge in [0.05, 0.1) is 0 Å². The van der Waals surface area contributed by atoms with Crippen molar-refractivity contribution in [3.8, 4) is 0 Å². The van der Waals surface area contributed by atoms with E-state index in [1.807, 2.05) is 12.3 Å². The molecule has 0 spiro atoms. The van der Waals surface area contributed by atoms with Crippen LogP contribution in [0, 0.1) is 0 Å². The second-order valence-electron chi connectivity index (χ2n) is 5.16. The van der Waals surface area contributed by atoms with Crippen molar-refractivity contribution in [2.24, 2.45) is 0 Å². The molecule has 0 saturated heterocycles. The minimum Gasteiger partial charge on any atom is -0.371 e. The number of sulfonamides is 1. The lowest BCUT2D eigenvalue weighted by molar-refractivity contribution is 0.213. The molecule has 20 heavy (non-hydrogen) atoms. The molecule has 0 unspecified atom stereocenters. The molecule has 3 rings (SSSR count). The van der Waals surface area contributed by atoms with Crippen molar-refractivity contribution in [2.75, 3.05) is 12.4 Å². The zero-order valence-electron chi connectivity index (χ0n) is 11.5. The molecular weight excluding hydrogens is 296 g/mol. The van der Waals surface area contributed by atoms with Gasteiger partial charge in [-0.05, 0) is 25.7 Å². The first-order valence-electron chi connectivity index (χ1n) is 6.69. The third kappa shape index (κ3) is 2.02. The predicted molar refractivity (Wildman–Crippen MR) is 79.8 cm³/mol. The lowest BCUT2D eigenvalue weighted by Crippen LogP contribution is -2.53. The maximum atomic E-state index is 12.7. The third-order valence-electron chi connectivity index (χ3n) is 4.05. The second kappa shape index (κ2) is 4.71. The second-order valence-corrected chi connectivity index (χ2v) is 7.63. The largest absolute Gasteiger partial charge is 0.371 e. The van der Waals surface area contributed by atoms with Crippen molar-refractivity contribution in [1.82, 2.24) is 14.1 Å². The summed E-state index contributed by atoms with van der Waals surface area (Å²) >= 11 is 1.42. The van der Waals surface area contributed by atoms with Crippen molar-refractivity contribution >= 4 is 32.1 Å². The molecular formula is C12H18N4O2S2. The molecule has 110 valence electrons. The molecule has 0 aliphatic heterocycles. The minimum atomic E-state index is -3.59. The summed E-state index contributed by atoms with van der Waals surface area (Å²) in [5.41, 5.74) is -0.274. The number of anilines is 1. The molecule has 2 heterocycles. The topological polar surface area (TPSA) is 75.5 Å². The highest BCUT2D eigenvalue weighted by molar-refractivity contribution is 7.89. The van der Waals surface area contributed by atoms with Crippen LogP contribution in [0.15, 0.2) is 16.6 Å². The standard InChI is InChI=1S/C12H18N4O2S2/c1-3-12(5-4-6-12)15-20(17,18)10-9(13-2)14-11-16(10)7-8-19-11/h7-8,13,15H,3-6H2,1-2H3. The van der Waals surface area contributed by atoms with Crippen LogP contribution >= 0.6 is 11.3 Å². The quantitative estimate of drug-likeness (QED) is 0.885. The summed E-state index contributed by atoms with van der Waals surface area (Å²) in [6, 6.07) is 0. The fraction of sp³-hybridized carbons (Fsp3) is 0.583. The fourth-order valence-corrected chi connectivity index (χ4v) is 5.24. The molecule has 2 aromatic heterocycles. The van der Waals surface area contributed by atoms with Gasteiger partial charge in [0, 0.05) is 24.2 Å². The number of imidazole rings is 1. The average molecular weight is 314 g/mol. The van der Waals surface area contributed by atoms with Crippen LogP contribution in [0.4, 0.5) is 5.82 Å². The van der Waals surface area contributed by atoms with E-state index in [0.717, 1.165) is 25.7 Å². The SMILES string of the molecule is CCC1(NS(=O)(=O)c2c(NC)nc3sccn23)CCC1. The van der Waals surface area contributed by atoms with Crippen molar-refractivity contribution < 1.29 is 8.42 Å². The Kier molecular flexibility index (Phi) is 3.26. The molecule has 8 heteroatoms. The monoisotopic (exact) mass is 314 g/mol. The summed E-state index contributed by atoms with van der Waals surface area (Å²) in [6.45, 7) is 2.03. The summed E-state index contributed by atoms with van der Waals surface area (Å²) in [7, 11) is -1.91. The molecule has 0 amide bonds. The molecule has 0 radical (unpaired) electrons. The average Bonchev–Trinajstić information content (AvgIpc) is 2.92. The number of rotatable bonds is 5. The zero-order chi connectivity index (χ0) is 14.4. The van der Waals surface area contributed by atoms with E-state index in [-0.39, 0.29) is 10.6 Å². The van der Waals surface area contributed by atoms with Gasteiger partial charge in [-0.25, -0.2) is 18.1 Å². The number of hydrogen-bond acceptors (Lipinski definition) is 5. The molecule has 2 aromatic rings. The van der Waals surface area contributed by atoms with Crippen molar-refractivity contribution in [3.05, 3.63) is 11.6 Å². The highest BCUT2D eigenvalue weighted by atomic mass is 32.2. The molecule has 1 aliphatic carbocycles. The number of nitrogens with zero attached hydrogens (tertiary/aromatic N) is 2. The van der Waals surface area contributed by atoms with Gasteiger partial charge < -0.3 is 5.32 Å². The molecule has 1 aliphatic rings. The van der Waals surface area contributed by atoms with Crippen LogP contribution in [0.25, 0.3) is 4.96 Å². The first-order chi connectivity index (χ1) is 9.51. The fourth-order valence-electron chi connectivity index (χ4n) is 2.65. The Labute approximate surface area is 122 Å². The van der Waals surface area contributed by atoms with Crippen LogP contribution in [0.2, 0.25) is 0 Å². The molecule has 6 nitrogen and oxygen atoms in total. The Hall–Kier alpha value is -1.12. The molecule has 2 N–H and O–H groups in total. The van der Waals surface area contributed by atoms with Crippen molar-refractivity contribution in [2.45, 2.75) is 43.2 Å². The summed E-state index contributed by atoms with van der Waals surface area (Å²) in [6.07, 6.45) is 5.44. The highest BCUT2D eigenvalue weighted by Crippen LogP contribution is 2.37. The van der Waals surface area contributed by atoms with E-state index in [4.69, 9.17) is 0 Å². The van der Waals surface area contributed by atoms with E-state index in [2.05, 4.69) is 15.0 Å². The number of thiazole rings is 1. The summed E-state index contributed by atoms with van der Waals surface area (Å²) in [5.74, 6) is 0.398. The lowest BCUT2D eigenvalue weighted by atomic mass is 9.76. The van der Waals surface area contributed by atoms with Gasteiger partial charge in [-0.15, -0.1) is 11.3 Å². The number of fused-ring (bicyclic) bond motifs is 1.